The van der Waals surface area contributed by atoms with Crippen molar-refractivity contribution in [3.05, 3.63) is 78.3 Å². The smallest absolute Gasteiger partial charge is 0.134 e. The third-order valence-electron chi connectivity index (χ3n) is 5.36. The summed E-state index contributed by atoms with van der Waals surface area (Å²) in [6.45, 7) is 6.04. The minimum atomic E-state index is 0.0140. The zero-order chi connectivity index (χ0) is 21.4. The second-order valence-electron chi connectivity index (χ2n) is 7.68. The summed E-state index contributed by atoms with van der Waals surface area (Å²) in [6, 6.07) is 10.2. The molecule has 31 heavy (non-hydrogen) atoms. The standard InChI is InChI=1S/C24H22N6O/c1-14-13-31-23-5-4-17(7-21(14)23)22-8-24(30-16(3)29-22)28-15(2)18-6-19(10-25-9-18)20-11-26-27-12-20/h4-13,15H,1-3H3,(H,26,27)(H,28,29,30)/t15-/m0/s1. The van der Waals surface area contributed by atoms with Gasteiger partial charge in [-0.2, -0.15) is 5.10 Å². The van der Waals surface area contributed by atoms with E-state index in [2.05, 4.69) is 49.5 Å². The molecule has 0 saturated carbocycles. The summed E-state index contributed by atoms with van der Waals surface area (Å²) < 4.78 is 5.57. The summed E-state index contributed by atoms with van der Waals surface area (Å²) >= 11 is 0. The molecule has 0 radical (unpaired) electrons. The lowest BCUT2D eigenvalue weighted by atomic mass is 10.1. The van der Waals surface area contributed by atoms with Gasteiger partial charge >= 0.3 is 0 Å². The number of aromatic nitrogens is 5. The van der Waals surface area contributed by atoms with Crippen molar-refractivity contribution in [3.63, 3.8) is 0 Å². The summed E-state index contributed by atoms with van der Waals surface area (Å²) in [5, 5.41) is 11.4. The molecular formula is C24H22N6O. The van der Waals surface area contributed by atoms with Crippen LogP contribution in [-0.4, -0.2) is 25.1 Å². The number of rotatable bonds is 5. The molecule has 0 spiro atoms. The third kappa shape index (κ3) is 3.77. The van der Waals surface area contributed by atoms with Crippen LogP contribution in [0, 0.1) is 13.8 Å². The van der Waals surface area contributed by atoms with Gasteiger partial charge in [0.15, 0.2) is 0 Å². The number of furan rings is 1. The molecule has 4 aromatic heterocycles. The summed E-state index contributed by atoms with van der Waals surface area (Å²) in [5.41, 5.74) is 6.97. The Bertz CT molecular complexity index is 1360. The Morgan fingerprint density at radius 1 is 0.968 bits per heavy atom. The monoisotopic (exact) mass is 410 g/mol. The predicted octanol–water partition coefficient (Wildman–Crippen LogP) is 5.46. The molecular weight excluding hydrogens is 388 g/mol. The molecule has 0 saturated heterocycles. The Morgan fingerprint density at radius 3 is 2.71 bits per heavy atom. The van der Waals surface area contributed by atoms with Crippen molar-refractivity contribution in [1.29, 1.82) is 0 Å². The van der Waals surface area contributed by atoms with Crippen molar-refractivity contribution in [3.8, 4) is 22.4 Å². The molecule has 154 valence electrons. The Morgan fingerprint density at radius 2 is 1.87 bits per heavy atom. The van der Waals surface area contributed by atoms with Crippen molar-refractivity contribution < 1.29 is 4.42 Å². The predicted molar refractivity (Wildman–Crippen MR) is 121 cm³/mol. The Hall–Kier alpha value is -4.00. The maximum Gasteiger partial charge on any atom is 0.134 e. The number of hydrogen-bond donors (Lipinski definition) is 2. The lowest BCUT2D eigenvalue weighted by molar-refractivity contribution is 0.613. The van der Waals surface area contributed by atoms with Crippen molar-refractivity contribution in [2.45, 2.75) is 26.8 Å². The van der Waals surface area contributed by atoms with Gasteiger partial charge in [-0.05, 0) is 56.2 Å². The molecule has 7 heteroatoms. The van der Waals surface area contributed by atoms with Crippen molar-refractivity contribution in [1.82, 2.24) is 25.1 Å². The van der Waals surface area contributed by atoms with Gasteiger partial charge in [-0.1, -0.05) is 0 Å². The fourth-order valence-electron chi connectivity index (χ4n) is 3.67. The zero-order valence-electron chi connectivity index (χ0n) is 17.5. The van der Waals surface area contributed by atoms with Gasteiger partial charge in [0.2, 0.25) is 0 Å². The lowest BCUT2D eigenvalue weighted by Gasteiger charge is -2.16. The maximum atomic E-state index is 5.57. The highest BCUT2D eigenvalue weighted by atomic mass is 16.3. The average Bonchev–Trinajstić information content (AvgIpc) is 3.44. The summed E-state index contributed by atoms with van der Waals surface area (Å²) in [6.07, 6.45) is 9.13. The molecule has 5 rings (SSSR count). The van der Waals surface area contributed by atoms with Crippen LogP contribution >= 0.6 is 0 Å². The quantitative estimate of drug-likeness (QED) is 0.399. The van der Waals surface area contributed by atoms with Gasteiger partial charge in [0, 0.05) is 46.7 Å². The van der Waals surface area contributed by atoms with Crippen LogP contribution in [0.15, 0.2) is 65.8 Å². The number of aryl methyl sites for hydroxylation is 2. The summed E-state index contributed by atoms with van der Waals surface area (Å²) in [5.74, 6) is 1.48. The zero-order valence-corrected chi connectivity index (χ0v) is 17.5. The van der Waals surface area contributed by atoms with E-state index in [4.69, 9.17) is 4.42 Å². The molecule has 7 nitrogen and oxygen atoms in total. The largest absolute Gasteiger partial charge is 0.464 e. The van der Waals surface area contributed by atoms with E-state index in [0.717, 1.165) is 50.3 Å². The second-order valence-corrected chi connectivity index (χ2v) is 7.68. The normalized spacial score (nSPS) is 12.2. The molecule has 0 aliphatic carbocycles. The Kier molecular flexibility index (Phi) is 4.71. The first-order valence-corrected chi connectivity index (χ1v) is 10.1. The molecule has 0 bridgehead atoms. The first-order valence-electron chi connectivity index (χ1n) is 10.1. The van der Waals surface area contributed by atoms with Crippen molar-refractivity contribution in [2.75, 3.05) is 5.32 Å². The first kappa shape index (κ1) is 19.0. The van der Waals surface area contributed by atoms with Gasteiger partial charge in [-0.25, -0.2) is 9.97 Å². The highest BCUT2D eigenvalue weighted by molar-refractivity contribution is 5.85. The Balaban J connectivity index is 1.44. The number of nitrogens with one attached hydrogen (secondary N) is 2. The maximum absolute atomic E-state index is 5.57. The van der Waals surface area contributed by atoms with Crippen LogP contribution in [0.2, 0.25) is 0 Å². The van der Waals surface area contributed by atoms with Gasteiger partial charge < -0.3 is 9.73 Å². The number of benzene rings is 1. The van der Waals surface area contributed by atoms with Gasteiger partial charge in [-0.3, -0.25) is 10.1 Å². The molecule has 2 N–H and O–H groups in total. The number of fused-ring (bicyclic) bond motifs is 1. The van der Waals surface area contributed by atoms with E-state index >= 15 is 0 Å². The number of anilines is 1. The van der Waals surface area contributed by atoms with Crippen LogP contribution in [0.1, 0.15) is 29.9 Å². The van der Waals surface area contributed by atoms with Crippen LogP contribution in [0.3, 0.4) is 0 Å². The van der Waals surface area contributed by atoms with E-state index in [1.165, 1.54) is 0 Å². The van der Waals surface area contributed by atoms with Crippen LogP contribution in [0.25, 0.3) is 33.4 Å². The van der Waals surface area contributed by atoms with Gasteiger partial charge in [0.25, 0.3) is 0 Å². The number of H-pyrrole nitrogens is 1. The minimum absolute atomic E-state index is 0.0140. The number of hydrogen-bond acceptors (Lipinski definition) is 6. The molecule has 0 amide bonds. The number of pyridine rings is 1. The fraction of sp³-hybridized carbons (Fsp3) is 0.167. The highest BCUT2D eigenvalue weighted by Crippen LogP contribution is 2.29. The average molecular weight is 410 g/mol. The van der Waals surface area contributed by atoms with Crippen LogP contribution in [-0.2, 0) is 0 Å². The van der Waals surface area contributed by atoms with Crippen LogP contribution in [0.5, 0.6) is 0 Å². The second kappa shape index (κ2) is 7.68. The van der Waals surface area contributed by atoms with Gasteiger partial charge in [-0.15, -0.1) is 0 Å². The van der Waals surface area contributed by atoms with E-state index in [0.29, 0.717) is 5.82 Å². The van der Waals surface area contributed by atoms with Crippen molar-refractivity contribution in [2.24, 2.45) is 0 Å². The van der Waals surface area contributed by atoms with Gasteiger partial charge in [0.1, 0.15) is 17.2 Å². The van der Waals surface area contributed by atoms with Crippen LogP contribution in [0.4, 0.5) is 5.82 Å². The van der Waals surface area contributed by atoms with E-state index < -0.39 is 0 Å². The van der Waals surface area contributed by atoms with E-state index in [9.17, 15) is 0 Å². The molecule has 1 aromatic carbocycles. The number of nitrogens with zero attached hydrogens (tertiary/aromatic N) is 4. The van der Waals surface area contributed by atoms with Crippen LogP contribution < -0.4 is 5.32 Å². The molecule has 0 aliphatic rings. The minimum Gasteiger partial charge on any atom is -0.464 e. The van der Waals surface area contributed by atoms with E-state index in [-0.39, 0.29) is 6.04 Å². The summed E-state index contributed by atoms with van der Waals surface area (Å²) in [7, 11) is 0. The molecule has 0 aliphatic heterocycles. The highest BCUT2D eigenvalue weighted by Gasteiger charge is 2.12. The first-order chi connectivity index (χ1) is 15.1. The molecule has 1 atom stereocenters. The summed E-state index contributed by atoms with van der Waals surface area (Å²) in [4.78, 5) is 13.6. The van der Waals surface area contributed by atoms with E-state index in [1.54, 1.807) is 12.5 Å². The lowest BCUT2D eigenvalue weighted by Crippen LogP contribution is -2.09. The topological polar surface area (TPSA) is 92.5 Å². The van der Waals surface area contributed by atoms with E-state index in [1.807, 2.05) is 50.6 Å². The molecule has 5 aromatic rings. The number of aromatic amines is 1. The molecule has 4 heterocycles. The molecule has 0 unspecified atom stereocenters. The third-order valence-corrected chi connectivity index (χ3v) is 5.36. The van der Waals surface area contributed by atoms with Gasteiger partial charge in [0.05, 0.1) is 24.2 Å². The SMILES string of the molecule is Cc1nc(N[C@@H](C)c2cncc(-c3cn[nH]c3)c2)cc(-c2ccc3occ(C)c3c2)n1. The fourth-order valence-corrected chi connectivity index (χ4v) is 3.67. The Labute approximate surface area is 179 Å². The molecule has 0 fully saturated rings. The van der Waals surface area contributed by atoms with Crippen molar-refractivity contribution >= 4 is 16.8 Å².